The van der Waals surface area contributed by atoms with Crippen molar-refractivity contribution in [3.05, 3.63) is 93.0 Å². The van der Waals surface area contributed by atoms with Gasteiger partial charge >= 0.3 is 0 Å². The van der Waals surface area contributed by atoms with Crippen LogP contribution in [0.5, 0.6) is 5.75 Å². The largest absolute Gasteiger partial charge is 0.487 e. The number of benzene rings is 3. The molecule has 0 aliphatic rings. The fourth-order valence-electron chi connectivity index (χ4n) is 2.94. The second kappa shape index (κ2) is 9.16. The van der Waals surface area contributed by atoms with Gasteiger partial charge in [-0.15, -0.1) is 0 Å². The van der Waals surface area contributed by atoms with Gasteiger partial charge in [0, 0.05) is 22.8 Å². The summed E-state index contributed by atoms with van der Waals surface area (Å²) in [4.78, 5) is 0. The molecular weight excluding hydrogens is 377 g/mol. The molecule has 3 aromatic carbocycles. The summed E-state index contributed by atoms with van der Waals surface area (Å²) in [5.41, 5.74) is 5.64. The molecule has 140 valence electrons. The molecule has 0 saturated heterocycles. The predicted molar refractivity (Wildman–Crippen MR) is 115 cm³/mol. The zero-order valence-corrected chi connectivity index (χ0v) is 17.1. The summed E-state index contributed by atoms with van der Waals surface area (Å²) in [5.74, 6) is 0.670. The van der Waals surface area contributed by atoms with E-state index in [4.69, 9.17) is 27.9 Å². The number of para-hydroxylation sites is 1. The van der Waals surface area contributed by atoms with Crippen molar-refractivity contribution in [2.24, 2.45) is 0 Å². The van der Waals surface area contributed by atoms with Gasteiger partial charge in [0.05, 0.1) is 5.02 Å². The van der Waals surface area contributed by atoms with Gasteiger partial charge in [-0.05, 0) is 42.7 Å². The van der Waals surface area contributed by atoms with Crippen molar-refractivity contribution in [2.75, 3.05) is 5.32 Å². The summed E-state index contributed by atoms with van der Waals surface area (Å²) in [6.07, 6.45) is 0.969. The number of hydrogen-bond acceptors (Lipinski definition) is 2. The monoisotopic (exact) mass is 399 g/mol. The van der Waals surface area contributed by atoms with Crippen LogP contribution in [0.15, 0.2) is 60.7 Å². The lowest BCUT2D eigenvalue weighted by molar-refractivity contribution is 0.303. The number of nitrogens with one attached hydrogen (secondary N) is 1. The minimum atomic E-state index is 0.459. The van der Waals surface area contributed by atoms with E-state index >= 15 is 0 Å². The Hall–Kier alpha value is -2.16. The Morgan fingerprint density at radius 1 is 0.926 bits per heavy atom. The Balaban J connectivity index is 1.78. The molecule has 0 heterocycles. The molecule has 3 rings (SSSR count). The van der Waals surface area contributed by atoms with E-state index in [0.717, 1.165) is 23.2 Å². The van der Waals surface area contributed by atoms with Gasteiger partial charge in [-0.1, -0.05) is 78.2 Å². The van der Waals surface area contributed by atoms with Crippen molar-refractivity contribution in [3.8, 4) is 5.75 Å². The van der Waals surface area contributed by atoms with Gasteiger partial charge in [0.25, 0.3) is 0 Å². The number of rotatable bonds is 7. The summed E-state index contributed by atoms with van der Waals surface area (Å²) in [5, 5.41) is 4.61. The van der Waals surface area contributed by atoms with Crippen LogP contribution >= 0.6 is 23.2 Å². The molecule has 1 N–H and O–H groups in total. The van der Waals surface area contributed by atoms with Crippen molar-refractivity contribution in [3.63, 3.8) is 0 Å². The van der Waals surface area contributed by atoms with Crippen LogP contribution < -0.4 is 10.1 Å². The maximum absolute atomic E-state index is 6.43. The van der Waals surface area contributed by atoms with E-state index in [0.29, 0.717) is 28.9 Å². The van der Waals surface area contributed by atoms with Gasteiger partial charge in [0.2, 0.25) is 0 Å². The molecule has 0 aromatic heterocycles. The number of halogens is 2. The van der Waals surface area contributed by atoms with Gasteiger partial charge < -0.3 is 10.1 Å². The van der Waals surface area contributed by atoms with Gasteiger partial charge in [-0.3, -0.25) is 0 Å². The molecule has 0 spiro atoms. The smallest absolute Gasteiger partial charge is 0.143 e. The normalized spacial score (nSPS) is 10.7. The van der Waals surface area contributed by atoms with Gasteiger partial charge in [0.1, 0.15) is 12.4 Å². The molecule has 2 nitrogen and oxygen atoms in total. The Morgan fingerprint density at radius 3 is 2.41 bits per heavy atom. The average Bonchev–Trinajstić information content (AvgIpc) is 2.67. The number of hydrogen-bond donors (Lipinski definition) is 1. The first-order chi connectivity index (χ1) is 13.1. The van der Waals surface area contributed by atoms with Crippen LogP contribution in [-0.2, 0) is 19.6 Å². The molecular formula is C23H23Cl2NO. The predicted octanol–water partition coefficient (Wildman–Crippen LogP) is 7.06. The van der Waals surface area contributed by atoms with E-state index in [9.17, 15) is 0 Å². The molecule has 0 unspecified atom stereocenters. The Kier molecular flexibility index (Phi) is 6.65. The second-order valence-corrected chi connectivity index (χ2v) is 7.36. The topological polar surface area (TPSA) is 21.3 Å². The molecule has 0 aliphatic heterocycles. The summed E-state index contributed by atoms with van der Waals surface area (Å²) in [7, 11) is 0. The summed E-state index contributed by atoms with van der Waals surface area (Å²) < 4.78 is 6.06. The fourth-order valence-corrected chi connectivity index (χ4v) is 3.53. The van der Waals surface area contributed by atoms with E-state index < -0.39 is 0 Å². The fraction of sp³-hybridized carbons (Fsp3) is 0.217. The first kappa shape index (κ1) is 19.6. The van der Waals surface area contributed by atoms with E-state index in [1.165, 1.54) is 11.1 Å². The van der Waals surface area contributed by atoms with Crippen LogP contribution in [0.1, 0.15) is 29.2 Å². The summed E-state index contributed by atoms with van der Waals surface area (Å²) >= 11 is 12.7. The van der Waals surface area contributed by atoms with Crippen LogP contribution in [0, 0.1) is 6.92 Å². The maximum atomic E-state index is 6.43. The van der Waals surface area contributed by atoms with Gasteiger partial charge in [-0.25, -0.2) is 0 Å². The highest BCUT2D eigenvalue weighted by Crippen LogP contribution is 2.34. The number of ether oxygens (including phenoxy) is 1. The van der Waals surface area contributed by atoms with Crippen LogP contribution in [0.4, 0.5) is 5.69 Å². The van der Waals surface area contributed by atoms with Crippen molar-refractivity contribution in [1.29, 1.82) is 0 Å². The van der Waals surface area contributed by atoms with E-state index in [2.05, 4.69) is 61.6 Å². The van der Waals surface area contributed by atoms with Crippen LogP contribution in [0.3, 0.4) is 0 Å². The second-order valence-electron chi connectivity index (χ2n) is 6.51. The highest BCUT2D eigenvalue weighted by Gasteiger charge is 2.12. The third kappa shape index (κ3) is 5.18. The molecule has 0 fully saturated rings. The highest BCUT2D eigenvalue weighted by molar-refractivity contribution is 6.35. The van der Waals surface area contributed by atoms with Crippen LogP contribution in [0.25, 0.3) is 0 Å². The van der Waals surface area contributed by atoms with E-state index in [1.807, 2.05) is 12.1 Å². The first-order valence-electron chi connectivity index (χ1n) is 9.05. The lowest BCUT2D eigenvalue weighted by atomic mass is 10.1. The third-order valence-corrected chi connectivity index (χ3v) is 4.96. The lowest BCUT2D eigenvalue weighted by Gasteiger charge is -2.16. The first-order valence-corrected chi connectivity index (χ1v) is 9.80. The number of anilines is 1. The summed E-state index contributed by atoms with van der Waals surface area (Å²) in [6, 6.07) is 20.2. The zero-order valence-electron chi connectivity index (χ0n) is 15.6. The summed E-state index contributed by atoms with van der Waals surface area (Å²) in [6.45, 7) is 5.26. The molecule has 3 aromatic rings. The molecule has 0 atom stereocenters. The van der Waals surface area contributed by atoms with Gasteiger partial charge in [-0.2, -0.15) is 0 Å². The minimum absolute atomic E-state index is 0.459. The van der Waals surface area contributed by atoms with Crippen molar-refractivity contribution < 1.29 is 4.74 Å². The SMILES string of the molecule is CCc1ccccc1NCc1cc(Cl)cc(Cl)c1OCc1ccc(C)cc1. The van der Waals surface area contributed by atoms with Crippen molar-refractivity contribution >= 4 is 28.9 Å². The standard InChI is InChI=1S/C23H23Cl2NO/c1-3-18-6-4-5-7-22(18)26-14-19-12-20(24)13-21(25)23(19)27-15-17-10-8-16(2)9-11-17/h4-13,26H,3,14-15H2,1-2H3. The molecule has 0 bridgehead atoms. The minimum Gasteiger partial charge on any atom is -0.487 e. The molecule has 4 heteroatoms. The Bertz CT molecular complexity index is 907. The van der Waals surface area contributed by atoms with Crippen LogP contribution in [-0.4, -0.2) is 0 Å². The third-order valence-electron chi connectivity index (χ3n) is 4.46. The average molecular weight is 400 g/mol. The van der Waals surface area contributed by atoms with Crippen molar-refractivity contribution in [2.45, 2.75) is 33.4 Å². The van der Waals surface area contributed by atoms with Gasteiger partial charge in [0.15, 0.2) is 0 Å². The van der Waals surface area contributed by atoms with E-state index in [1.54, 1.807) is 6.07 Å². The molecule has 0 aliphatic carbocycles. The lowest BCUT2D eigenvalue weighted by Crippen LogP contribution is -2.06. The molecule has 0 saturated carbocycles. The number of aryl methyl sites for hydroxylation is 2. The van der Waals surface area contributed by atoms with Crippen LogP contribution in [0.2, 0.25) is 10.0 Å². The highest BCUT2D eigenvalue weighted by atomic mass is 35.5. The molecule has 0 amide bonds. The Morgan fingerprint density at radius 2 is 1.67 bits per heavy atom. The zero-order chi connectivity index (χ0) is 19.2. The quantitative estimate of drug-likeness (QED) is 0.459. The Labute approximate surface area is 171 Å². The maximum Gasteiger partial charge on any atom is 0.143 e. The van der Waals surface area contributed by atoms with Crippen molar-refractivity contribution in [1.82, 2.24) is 0 Å². The van der Waals surface area contributed by atoms with E-state index in [-0.39, 0.29) is 0 Å². The molecule has 27 heavy (non-hydrogen) atoms. The molecule has 0 radical (unpaired) electrons.